The number of hydrogen-bond acceptors (Lipinski definition) is 4. The predicted octanol–water partition coefficient (Wildman–Crippen LogP) is 3.71. The zero-order valence-electron chi connectivity index (χ0n) is 15.1. The minimum Gasteiger partial charge on any atom is -0.495 e. The molecule has 0 aliphatic rings. The lowest BCUT2D eigenvalue weighted by Crippen LogP contribution is -2.37. The molecule has 0 saturated heterocycles. The minimum absolute atomic E-state index is 0.00586. The van der Waals surface area contributed by atoms with Gasteiger partial charge in [-0.3, -0.25) is 4.79 Å². The second-order valence-electron chi connectivity index (χ2n) is 6.03. The number of halogens is 2. The number of nitrogens with one attached hydrogen (secondary N) is 1. The quantitative estimate of drug-likeness (QED) is 0.725. The van der Waals surface area contributed by atoms with Gasteiger partial charge in [-0.05, 0) is 42.3 Å². The fourth-order valence-corrected chi connectivity index (χ4v) is 3.46. The molecule has 27 heavy (non-hydrogen) atoms. The number of anilines is 1. The molecule has 2 rings (SSSR count). The molecule has 0 spiro atoms. The van der Waals surface area contributed by atoms with Crippen LogP contribution in [0.5, 0.6) is 5.75 Å². The zero-order valence-corrected chi connectivity index (χ0v) is 17.5. The molecule has 9 heteroatoms. The van der Waals surface area contributed by atoms with Crippen LogP contribution in [-0.2, 0) is 21.4 Å². The summed E-state index contributed by atoms with van der Waals surface area (Å²) in [6.07, 6.45) is 1.05. The highest BCUT2D eigenvalue weighted by Gasteiger charge is 2.21. The smallest absolute Gasteiger partial charge is 0.239 e. The molecule has 1 N–H and O–H groups in total. The summed E-state index contributed by atoms with van der Waals surface area (Å²) in [4.78, 5) is 12.4. The summed E-state index contributed by atoms with van der Waals surface area (Å²) in [6.45, 7) is 1.52. The lowest BCUT2D eigenvalue weighted by atomic mass is 10.2. The number of carbonyl (C=O) groups excluding carboxylic acids is 1. The molecule has 0 atom stereocenters. The van der Waals surface area contributed by atoms with Gasteiger partial charge in [0.25, 0.3) is 0 Å². The van der Waals surface area contributed by atoms with Crippen LogP contribution in [0, 0.1) is 6.92 Å². The third kappa shape index (κ3) is 6.10. The first-order valence-corrected chi connectivity index (χ1v) is 10.5. The Morgan fingerprint density at radius 1 is 1.15 bits per heavy atom. The van der Waals surface area contributed by atoms with Gasteiger partial charge in [0.2, 0.25) is 15.9 Å². The number of nitrogens with zero attached hydrogens (tertiary/aromatic N) is 1. The Morgan fingerprint density at radius 3 is 2.44 bits per heavy atom. The molecule has 0 unspecified atom stereocenters. The number of ether oxygens (including phenoxy) is 1. The number of sulfonamides is 1. The van der Waals surface area contributed by atoms with Crippen LogP contribution in [0.15, 0.2) is 36.4 Å². The maximum atomic E-state index is 12.4. The standard InChI is InChI=1S/C18H20Cl2N2O4S/c1-12-4-7-17(26-2)16(8-12)21-18(23)11-22(27(3,24)25)10-13-5-6-14(19)15(20)9-13/h4-9H,10-11H2,1-3H3,(H,21,23). The van der Waals surface area contributed by atoms with Crippen LogP contribution in [0.3, 0.4) is 0 Å². The summed E-state index contributed by atoms with van der Waals surface area (Å²) < 4.78 is 30.5. The highest BCUT2D eigenvalue weighted by Crippen LogP contribution is 2.26. The van der Waals surface area contributed by atoms with Crippen molar-refractivity contribution in [3.8, 4) is 5.75 Å². The number of benzene rings is 2. The molecule has 2 aromatic rings. The first-order chi connectivity index (χ1) is 12.6. The van der Waals surface area contributed by atoms with Crippen molar-refractivity contribution < 1.29 is 17.9 Å². The average molecular weight is 431 g/mol. The number of hydrogen-bond donors (Lipinski definition) is 1. The van der Waals surface area contributed by atoms with E-state index >= 15 is 0 Å². The van der Waals surface area contributed by atoms with Crippen molar-refractivity contribution in [3.05, 3.63) is 57.6 Å². The van der Waals surface area contributed by atoms with E-state index in [1.807, 2.05) is 13.0 Å². The summed E-state index contributed by atoms with van der Waals surface area (Å²) in [7, 11) is -2.14. The predicted molar refractivity (Wildman–Crippen MR) is 108 cm³/mol. The summed E-state index contributed by atoms with van der Waals surface area (Å²) in [5.74, 6) is 0.00808. The second-order valence-corrected chi connectivity index (χ2v) is 8.83. The average Bonchev–Trinajstić information content (AvgIpc) is 2.57. The molecule has 0 bridgehead atoms. The number of carbonyl (C=O) groups is 1. The van der Waals surface area contributed by atoms with Gasteiger partial charge in [0.1, 0.15) is 5.75 Å². The van der Waals surface area contributed by atoms with E-state index in [9.17, 15) is 13.2 Å². The normalized spacial score (nSPS) is 11.5. The molecule has 0 aliphatic heterocycles. The van der Waals surface area contributed by atoms with Gasteiger partial charge in [-0.1, -0.05) is 35.3 Å². The highest BCUT2D eigenvalue weighted by molar-refractivity contribution is 7.88. The molecule has 0 aromatic heterocycles. The SMILES string of the molecule is COc1ccc(C)cc1NC(=O)CN(Cc1ccc(Cl)c(Cl)c1)S(C)(=O)=O. The van der Waals surface area contributed by atoms with Crippen LogP contribution in [-0.4, -0.2) is 38.5 Å². The fraction of sp³-hybridized carbons (Fsp3) is 0.278. The Balaban J connectivity index is 2.17. The Kier molecular flexibility index (Phi) is 7.11. The van der Waals surface area contributed by atoms with Crippen molar-refractivity contribution in [3.63, 3.8) is 0 Å². The van der Waals surface area contributed by atoms with Crippen LogP contribution in [0.2, 0.25) is 10.0 Å². The number of methoxy groups -OCH3 is 1. The maximum absolute atomic E-state index is 12.4. The molecule has 2 aromatic carbocycles. The number of amides is 1. The first kappa shape index (κ1) is 21.5. The largest absolute Gasteiger partial charge is 0.495 e. The van der Waals surface area contributed by atoms with E-state index in [1.54, 1.807) is 30.3 Å². The van der Waals surface area contributed by atoms with Crippen LogP contribution < -0.4 is 10.1 Å². The number of aryl methyl sites for hydroxylation is 1. The lowest BCUT2D eigenvalue weighted by Gasteiger charge is -2.20. The van der Waals surface area contributed by atoms with Gasteiger partial charge in [0.05, 0.1) is 35.6 Å². The highest BCUT2D eigenvalue weighted by atomic mass is 35.5. The van der Waals surface area contributed by atoms with E-state index in [-0.39, 0.29) is 13.1 Å². The summed E-state index contributed by atoms with van der Waals surface area (Å²) in [5.41, 5.74) is 2.03. The van der Waals surface area contributed by atoms with Gasteiger partial charge in [-0.25, -0.2) is 8.42 Å². The van der Waals surface area contributed by atoms with Gasteiger partial charge in [0, 0.05) is 6.54 Å². The van der Waals surface area contributed by atoms with Crippen molar-refractivity contribution >= 4 is 44.8 Å². The zero-order chi connectivity index (χ0) is 20.2. The van der Waals surface area contributed by atoms with E-state index < -0.39 is 15.9 Å². The first-order valence-electron chi connectivity index (χ1n) is 7.93. The Labute approximate surface area is 169 Å². The van der Waals surface area contributed by atoms with Gasteiger partial charge in [0.15, 0.2) is 0 Å². The van der Waals surface area contributed by atoms with Crippen LogP contribution >= 0.6 is 23.2 Å². The molecule has 1 amide bonds. The molecule has 0 heterocycles. The van der Waals surface area contributed by atoms with E-state index in [4.69, 9.17) is 27.9 Å². The Morgan fingerprint density at radius 2 is 1.85 bits per heavy atom. The molecule has 146 valence electrons. The Hall–Kier alpha value is -1.80. The minimum atomic E-state index is -3.63. The van der Waals surface area contributed by atoms with Crippen molar-refractivity contribution in [2.24, 2.45) is 0 Å². The van der Waals surface area contributed by atoms with E-state index in [1.165, 1.54) is 7.11 Å². The number of rotatable bonds is 7. The topological polar surface area (TPSA) is 75.7 Å². The third-order valence-corrected chi connectivity index (χ3v) is 5.70. The summed E-state index contributed by atoms with van der Waals surface area (Å²) in [5, 5.41) is 3.38. The molecular formula is C18H20Cl2N2O4S. The van der Waals surface area contributed by atoms with Gasteiger partial charge in [-0.2, -0.15) is 4.31 Å². The molecule has 0 radical (unpaired) electrons. The van der Waals surface area contributed by atoms with Crippen molar-refractivity contribution in [1.82, 2.24) is 4.31 Å². The van der Waals surface area contributed by atoms with Crippen molar-refractivity contribution in [2.45, 2.75) is 13.5 Å². The van der Waals surface area contributed by atoms with Gasteiger partial charge < -0.3 is 10.1 Å². The van der Waals surface area contributed by atoms with Crippen LogP contribution in [0.4, 0.5) is 5.69 Å². The van der Waals surface area contributed by atoms with Gasteiger partial charge in [-0.15, -0.1) is 0 Å². The van der Waals surface area contributed by atoms with Crippen molar-refractivity contribution in [1.29, 1.82) is 0 Å². The van der Waals surface area contributed by atoms with Crippen molar-refractivity contribution in [2.75, 3.05) is 25.2 Å². The van der Waals surface area contributed by atoms with Crippen LogP contribution in [0.25, 0.3) is 0 Å². The molecule has 0 saturated carbocycles. The van der Waals surface area contributed by atoms with Crippen LogP contribution in [0.1, 0.15) is 11.1 Å². The monoisotopic (exact) mass is 430 g/mol. The Bertz CT molecular complexity index is 948. The molecular weight excluding hydrogens is 411 g/mol. The van der Waals surface area contributed by atoms with E-state index in [2.05, 4.69) is 5.32 Å². The lowest BCUT2D eigenvalue weighted by molar-refractivity contribution is -0.116. The summed E-state index contributed by atoms with van der Waals surface area (Å²) >= 11 is 11.9. The van der Waals surface area contributed by atoms with E-state index in [0.717, 1.165) is 16.1 Å². The molecule has 0 fully saturated rings. The molecule has 6 nitrogen and oxygen atoms in total. The fourth-order valence-electron chi connectivity index (χ4n) is 2.40. The third-order valence-electron chi connectivity index (χ3n) is 3.76. The second kappa shape index (κ2) is 8.93. The summed E-state index contributed by atoms with van der Waals surface area (Å²) in [6, 6.07) is 10.1. The van der Waals surface area contributed by atoms with Gasteiger partial charge >= 0.3 is 0 Å². The van der Waals surface area contributed by atoms with E-state index in [0.29, 0.717) is 27.0 Å². The maximum Gasteiger partial charge on any atom is 0.239 e. The molecule has 0 aliphatic carbocycles.